The lowest BCUT2D eigenvalue weighted by atomic mass is 10.1. The molecule has 6 nitrogen and oxygen atoms in total. The van der Waals surface area contributed by atoms with E-state index in [1.807, 2.05) is 6.92 Å². The van der Waals surface area contributed by atoms with Crippen LogP contribution >= 0.6 is 0 Å². The molecule has 0 spiro atoms. The van der Waals surface area contributed by atoms with Gasteiger partial charge in [0.1, 0.15) is 5.69 Å². The highest BCUT2D eigenvalue weighted by Crippen LogP contribution is 2.25. The maximum Gasteiger partial charge on any atom is 0.292 e. The van der Waals surface area contributed by atoms with Crippen LogP contribution in [0.5, 0.6) is 0 Å². The number of nitro groups is 1. The number of para-hydroxylation sites is 1. The predicted octanol–water partition coefficient (Wildman–Crippen LogP) is 1.38. The molecule has 0 aliphatic rings. The molecule has 6 heteroatoms. The van der Waals surface area contributed by atoms with Gasteiger partial charge in [-0.25, -0.2) is 0 Å². The van der Waals surface area contributed by atoms with E-state index in [2.05, 4.69) is 4.90 Å². The Hall–Kier alpha value is -1.66. The minimum absolute atomic E-state index is 0.0503. The normalized spacial score (nSPS) is 10.8. The molecule has 1 aromatic rings. The third kappa shape index (κ3) is 3.68. The van der Waals surface area contributed by atoms with Crippen LogP contribution in [0, 0.1) is 10.1 Å². The summed E-state index contributed by atoms with van der Waals surface area (Å²) in [5.41, 5.74) is 6.73. The third-order valence-electron chi connectivity index (χ3n) is 2.84. The number of nitrogens with two attached hydrogens (primary N) is 1. The molecular formula is C12H19N3O3. The molecule has 0 saturated carbocycles. The summed E-state index contributed by atoms with van der Waals surface area (Å²) in [7, 11) is 0. The van der Waals surface area contributed by atoms with Gasteiger partial charge in [0.15, 0.2) is 0 Å². The number of hydrogen-bond acceptors (Lipinski definition) is 5. The highest BCUT2D eigenvalue weighted by molar-refractivity contribution is 5.62. The van der Waals surface area contributed by atoms with Gasteiger partial charge in [-0.15, -0.1) is 0 Å². The van der Waals surface area contributed by atoms with Gasteiger partial charge in [-0.3, -0.25) is 15.0 Å². The van der Waals surface area contributed by atoms with Gasteiger partial charge in [-0.2, -0.15) is 0 Å². The van der Waals surface area contributed by atoms with Crippen molar-refractivity contribution < 1.29 is 10.0 Å². The van der Waals surface area contributed by atoms with E-state index >= 15 is 0 Å². The Morgan fingerprint density at radius 2 is 2.22 bits per heavy atom. The summed E-state index contributed by atoms with van der Waals surface area (Å²) in [5.74, 6) is 0. The van der Waals surface area contributed by atoms with E-state index in [9.17, 15) is 10.1 Å². The quantitative estimate of drug-likeness (QED) is 0.435. The molecule has 0 saturated heterocycles. The molecule has 0 atom stereocenters. The number of nitrogens with zero attached hydrogens (tertiary/aromatic N) is 2. The summed E-state index contributed by atoms with van der Waals surface area (Å²) >= 11 is 0. The molecule has 0 amide bonds. The first-order valence-corrected chi connectivity index (χ1v) is 5.95. The van der Waals surface area contributed by atoms with E-state index in [1.54, 1.807) is 12.1 Å². The molecule has 0 radical (unpaired) electrons. The van der Waals surface area contributed by atoms with Crippen LogP contribution < -0.4 is 5.73 Å². The molecule has 0 heterocycles. The van der Waals surface area contributed by atoms with Gasteiger partial charge in [0.2, 0.25) is 0 Å². The number of rotatable bonds is 7. The van der Waals surface area contributed by atoms with Gasteiger partial charge < -0.3 is 10.8 Å². The molecule has 0 bridgehead atoms. The fraction of sp³-hybridized carbons (Fsp3) is 0.500. The van der Waals surface area contributed by atoms with E-state index in [1.165, 1.54) is 6.07 Å². The zero-order chi connectivity index (χ0) is 13.5. The fourth-order valence-electron chi connectivity index (χ4n) is 1.78. The first-order valence-electron chi connectivity index (χ1n) is 5.95. The number of anilines is 1. The van der Waals surface area contributed by atoms with Gasteiger partial charge >= 0.3 is 0 Å². The lowest BCUT2D eigenvalue weighted by molar-refractivity contribution is -0.384. The first kappa shape index (κ1) is 14.4. The first-order chi connectivity index (χ1) is 8.60. The second-order valence-electron chi connectivity index (χ2n) is 4.05. The van der Waals surface area contributed by atoms with Gasteiger partial charge in [0, 0.05) is 25.8 Å². The molecule has 0 aliphatic heterocycles. The van der Waals surface area contributed by atoms with Crippen molar-refractivity contribution in [3.63, 3.8) is 0 Å². The van der Waals surface area contributed by atoms with Crippen LogP contribution in [0.2, 0.25) is 0 Å². The van der Waals surface area contributed by atoms with Crippen molar-refractivity contribution in [2.24, 2.45) is 0 Å². The highest BCUT2D eigenvalue weighted by atomic mass is 16.6. The monoisotopic (exact) mass is 253 g/mol. The molecule has 3 N–H and O–H groups in total. The topological polar surface area (TPSA) is 92.6 Å². The van der Waals surface area contributed by atoms with Crippen LogP contribution in [0.25, 0.3) is 0 Å². The Morgan fingerprint density at radius 1 is 1.50 bits per heavy atom. The van der Waals surface area contributed by atoms with E-state index in [4.69, 9.17) is 10.8 Å². The number of aliphatic hydroxyl groups excluding tert-OH is 1. The van der Waals surface area contributed by atoms with E-state index in [0.717, 1.165) is 18.7 Å². The standard InChI is InChI=1S/C12H19N3O3/c1-2-14(7-4-8-16)9-10-5-3-6-11(12(10)13)15(17)18/h3,5-6,16H,2,4,7-9,13H2,1H3. The summed E-state index contributed by atoms with van der Waals surface area (Å²) in [6, 6.07) is 4.84. The maximum atomic E-state index is 10.8. The van der Waals surface area contributed by atoms with E-state index in [0.29, 0.717) is 13.0 Å². The van der Waals surface area contributed by atoms with Gasteiger partial charge in [-0.05, 0) is 18.5 Å². The summed E-state index contributed by atoms with van der Waals surface area (Å²) in [6.07, 6.45) is 0.683. The van der Waals surface area contributed by atoms with Crippen molar-refractivity contribution in [3.8, 4) is 0 Å². The lowest BCUT2D eigenvalue weighted by Crippen LogP contribution is -2.25. The molecule has 1 aromatic carbocycles. The Kier molecular flexibility index (Phi) is 5.54. The van der Waals surface area contributed by atoms with Crippen molar-refractivity contribution in [1.29, 1.82) is 0 Å². The molecule has 100 valence electrons. The summed E-state index contributed by atoms with van der Waals surface area (Å²) in [6.45, 7) is 4.26. The number of hydrogen-bond donors (Lipinski definition) is 2. The molecule has 0 fully saturated rings. The summed E-state index contributed by atoms with van der Waals surface area (Å²) < 4.78 is 0. The molecule has 0 unspecified atom stereocenters. The summed E-state index contributed by atoms with van der Waals surface area (Å²) in [4.78, 5) is 12.4. The van der Waals surface area contributed by atoms with Crippen LogP contribution in [-0.4, -0.2) is 34.6 Å². The lowest BCUT2D eigenvalue weighted by Gasteiger charge is -2.20. The molecule has 18 heavy (non-hydrogen) atoms. The van der Waals surface area contributed by atoms with Crippen LogP contribution in [0.3, 0.4) is 0 Å². The minimum Gasteiger partial charge on any atom is -0.396 e. The van der Waals surface area contributed by atoms with Crippen LogP contribution in [0.15, 0.2) is 18.2 Å². The van der Waals surface area contributed by atoms with E-state index < -0.39 is 4.92 Å². The van der Waals surface area contributed by atoms with Crippen molar-refractivity contribution in [2.45, 2.75) is 19.9 Å². The molecule has 0 aromatic heterocycles. The Labute approximate surface area is 106 Å². The van der Waals surface area contributed by atoms with Gasteiger partial charge in [-0.1, -0.05) is 19.1 Å². The zero-order valence-corrected chi connectivity index (χ0v) is 10.5. The molecular weight excluding hydrogens is 234 g/mol. The zero-order valence-electron chi connectivity index (χ0n) is 10.5. The van der Waals surface area contributed by atoms with Crippen molar-refractivity contribution >= 4 is 11.4 Å². The second-order valence-corrected chi connectivity index (χ2v) is 4.05. The smallest absolute Gasteiger partial charge is 0.292 e. The Balaban J connectivity index is 2.83. The minimum atomic E-state index is -0.469. The Morgan fingerprint density at radius 3 is 2.78 bits per heavy atom. The van der Waals surface area contributed by atoms with E-state index in [-0.39, 0.29) is 18.0 Å². The number of nitrogen functional groups attached to an aromatic ring is 1. The van der Waals surface area contributed by atoms with Gasteiger partial charge in [0.05, 0.1) is 4.92 Å². The van der Waals surface area contributed by atoms with Crippen molar-refractivity contribution in [2.75, 3.05) is 25.4 Å². The third-order valence-corrected chi connectivity index (χ3v) is 2.84. The number of benzene rings is 1. The van der Waals surface area contributed by atoms with Crippen LogP contribution in [0.4, 0.5) is 11.4 Å². The maximum absolute atomic E-state index is 10.8. The SMILES string of the molecule is CCN(CCCO)Cc1cccc([N+](=O)[O-])c1N. The van der Waals surface area contributed by atoms with Crippen LogP contribution in [0.1, 0.15) is 18.9 Å². The predicted molar refractivity (Wildman–Crippen MR) is 70.2 cm³/mol. The average Bonchev–Trinajstić information content (AvgIpc) is 2.36. The molecule has 0 aliphatic carbocycles. The van der Waals surface area contributed by atoms with Crippen molar-refractivity contribution in [3.05, 3.63) is 33.9 Å². The molecule has 1 rings (SSSR count). The summed E-state index contributed by atoms with van der Waals surface area (Å²) in [5, 5.41) is 19.6. The highest BCUT2D eigenvalue weighted by Gasteiger charge is 2.15. The largest absolute Gasteiger partial charge is 0.396 e. The number of nitro benzene ring substituents is 1. The fourth-order valence-corrected chi connectivity index (χ4v) is 1.78. The number of aliphatic hydroxyl groups is 1. The van der Waals surface area contributed by atoms with Gasteiger partial charge in [0.25, 0.3) is 5.69 Å². The second kappa shape index (κ2) is 6.93. The average molecular weight is 253 g/mol. The van der Waals surface area contributed by atoms with Crippen molar-refractivity contribution in [1.82, 2.24) is 4.90 Å². The van der Waals surface area contributed by atoms with Crippen LogP contribution in [-0.2, 0) is 6.54 Å². The Bertz CT molecular complexity index is 410.